The molecule has 0 spiro atoms. The van der Waals surface area contributed by atoms with Gasteiger partial charge in [0.25, 0.3) is 0 Å². The fourth-order valence-electron chi connectivity index (χ4n) is 0.786. The highest BCUT2D eigenvalue weighted by molar-refractivity contribution is 5.32. The van der Waals surface area contributed by atoms with Crippen LogP contribution in [0, 0.1) is 11.3 Å². The molecule has 0 aliphatic heterocycles. The Morgan fingerprint density at radius 1 is 1.55 bits per heavy atom. The van der Waals surface area contributed by atoms with Gasteiger partial charge in [0.05, 0.1) is 19.1 Å². The molecule has 56 valence electrons. The molecule has 0 bridgehead atoms. The maximum Gasteiger partial charge on any atom is 0.0991 e. The van der Waals surface area contributed by atoms with Gasteiger partial charge < -0.3 is 5.11 Å². The zero-order chi connectivity index (χ0) is 9.19. The standard InChI is InChI=1S/C9H9NO/c1-7(11)9-4-2-8(6-10)3-5-9/h2-5,7,11H,1H3/t7-/m1/s1/i7D. The fourth-order valence-corrected chi connectivity index (χ4v) is 0.786. The minimum absolute atomic E-state index is 0.488. The van der Waals surface area contributed by atoms with Crippen LogP contribution in [0.25, 0.3) is 0 Å². The summed E-state index contributed by atoms with van der Waals surface area (Å²) in [5, 5.41) is 17.7. The van der Waals surface area contributed by atoms with Crippen LogP contribution in [-0.4, -0.2) is 5.11 Å². The van der Waals surface area contributed by atoms with Crippen molar-refractivity contribution in [3.8, 4) is 6.07 Å². The van der Waals surface area contributed by atoms with Gasteiger partial charge in [0.2, 0.25) is 0 Å². The first-order valence-corrected chi connectivity index (χ1v) is 3.27. The second-order valence-electron chi connectivity index (χ2n) is 2.27. The fraction of sp³-hybridized carbons (Fsp3) is 0.222. The van der Waals surface area contributed by atoms with Crippen molar-refractivity contribution in [3.63, 3.8) is 0 Å². The van der Waals surface area contributed by atoms with E-state index in [0.717, 1.165) is 0 Å². The number of nitrogens with zero attached hydrogens (tertiary/aromatic N) is 1. The van der Waals surface area contributed by atoms with Crippen LogP contribution in [0.4, 0.5) is 0 Å². The largest absolute Gasteiger partial charge is 0.389 e. The van der Waals surface area contributed by atoms with E-state index in [4.69, 9.17) is 6.63 Å². The van der Waals surface area contributed by atoms with Crippen molar-refractivity contribution in [1.82, 2.24) is 0 Å². The van der Waals surface area contributed by atoms with E-state index in [-0.39, 0.29) is 0 Å². The Labute approximate surface area is 67.1 Å². The molecule has 0 saturated carbocycles. The lowest BCUT2D eigenvalue weighted by molar-refractivity contribution is 0.199. The third kappa shape index (κ3) is 1.79. The first-order chi connectivity index (χ1) is 5.54. The third-order valence-corrected chi connectivity index (χ3v) is 1.43. The summed E-state index contributed by atoms with van der Waals surface area (Å²) in [5.41, 5.74) is 1.02. The average molecular weight is 148 g/mol. The van der Waals surface area contributed by atoms with Gasteiger partial charge in [-0.25, -0.2) is 0 Å². The number of hydrogen-bond donors (Lipinski definition) is 1. The summed E-state index contributed by atoms with van der Waals surface area (Å²) in [6.45, 7) is 1.38. The smallest absolute Gasteiger partial charge is 0.0991 e. The van der Waals surface area contributed by atoms with Gasteiger partial charge in [-0.05, 0) is 24.6 Å². The zero-order valence-electron chi connectivity index (χ0n) is 7.20. The van der Waals surface area contributed by atoms with Gasteiger partial charge in [0.1, 0.15) is 0 Å². The molecule has 2 nitrogen and oxygen atoms in total. The molecule has 0 saturated heterocycles. The van der Waals surface area contributed by atoms with Crippen LogP contribution in [0.3, 0.4) is 0 Å². The summed E-state index contributed by atoms with van der Waals surface area (Å²) in [6.07, 6.45) is -1.58. The lowest BCUT2D eigenvalue weighted by Gasteiger charge is -2.02. The van der Waals surface area contributed by atoms with Gasteiger partial charge >= 0.3 is 0 Å². The van der Waals surface area contributed by atoms with E-state index in [2.05, 4.69) is 0 Å². The molecule has 0 unspecified atom stereocenters. The van der Waals surface area contributed by atoms with Crippen LogP contribution in [-0.2, 0) is 0 Å². The summed E-state index contributed by atoms with van der Waals surface area (Å²) in [6, 6.07) is 8.28. The van der Waals surface area contributed by atoms with Crippen molar-refractivity contribution in [2.75, 3.05) is 0 Å². The Hall–Kier alpha value is -1.33. The molecule has 0 radical (unpaired) electrons. The van der Waals surface area contributed by atoms with E-state index in [9.17, 15) is 5.11 Å². The van der Waals surface area contributed by atoms with E-state index < -0.39 is 6.08 Å². The predicted octanol–water partition coefficient (Wildman–Crippen LogP) is 1.61. The van der Waals surface area contributed by atoms with Crippen molar-refractivity contribution >= 4 is 0 Å². The molecule has 1 aromatic rings. The van der Waals surface area contributed by atoms with Crippen molar-refractivity contribution in [2.24, 2.45) is 0 Å². The lowest BCUT2D eigenvalue weighted by Crippen LogP contribution is -1.89. The molecule has 1 rings (SSSR count). The minimum Gasteiger partial charge on any atom is -0.389 e. The Morgan fingerprint density at radius 2 is 2.09 bits per heavy atom. The van der Waals surface area contributed by atoms with Crippen LogP contribution in [0.2, 0.25) is 0 Å². The number of nitriles is 1. The Morgan fingerprint density at radius 3 is 2.45 bits per heavy atom. The van der Waals surface area contributed by atoms with Gasteiger partial charge in [-0.2, -0.15) is 5.26 Å². The second kappa shape index (κ2) is 3.18. The molecule has 11 heavy (non-hydrogen) atoms. The predicted molar refractivity (Wildman–Crippen MR) is 41.8 cm³/mol. The number of hydrogen-bond acceptors (Lipinski definition) is 2. The topological polar surface area (TPSA) is 44.0 Å². The van der Waals surface area contributed by atoms with Crippen LogP contribution in [0.1, 0.15) is 25.5 Å². The highest BCUT2D eigenvalue weighted by Crippen LogP contribution is 2.11. The summed E-state index contributed by atoms with van der Waals surface area (Å²) in [7, 11) is 0. The molecule has 0 aliphatic carbocycles. The Kier molecular flexibility index (Phi) is 1.84. The number of benzene rings is 1. The molecule has 0 amide bonds. The van der Waals surface area contributed by atoms with E-state index in [1.165, 1.54) is 6.92 Å². The van der Waals surface area contributed by atoms with Gasteiger partial charge in [-0.15, -0.1) is 0 Å². The normalized spacial score (nSPS) is 16.3. The summed E-state index contributed by atoms with van der Waals surface area (Å²) >= 11 is 0. The molecule has 2 heteroatoms. The molecule has 1 N–H and O–H groups in total. The van der Waals surface area contributed by atoms with Crippen molar-refractivity contribution in [3.05, 3.63) is 35.4 Å². The zero-order valence-corrected chi connectivity index (χ0v) is 6.20. The average Bonchev–Trinajstić information content (AvgIpc) is 2.03. The first kappa shape index (κ1) is 6.38. The molecule has 0 aliphatic rings. The molecule has 1 atom stereocenters. The van der Waals surface area contributed by atoms with Crippen molar-refractivity contribution < 1.29 is 6.48 Å². The molecular formula is C9H9NO. The molecule has 0 heterocycles. The second-order valence-corrected chi connectivity index (χ2v) is 2.27. The quantitative estimate of drug-likeness (QED) is 0.657. The van der Waals surface area contributed by atoms with Gasteiger partial charge in [0, 0.05) is 0 Å². The summed E-state index contributed by atoms with van der Waals surface area (Å²) < 4.78 is 7.27. The highest BCUT2D eigenvalue weighted by atomic mass is 16.3. The Bertz CT molecular complexity index is 305. The van der Waals surface area contributed by atoms with Crippen molar-refractivity contribution in [2.45, 2.75) is 13.0 Å². The summed E-state index contributed by atoms with van der Waals surface area (Å²) in [4.78, 5) is 0. The molecule has 1 aromatic carbocycles. The highest BCUT2D eigenvalue weighted by Gasteiger charge is 1.98. The van der Waals surface area contributed by atoms with Crippen LogP contribution in [0.5, 0.6) is 0 Å². The van der Waals surface area contributed by atoms with Gasteiger partial charge in [0.15, 0.2) is 0 Å². The van der Waals surface area contributed by atoms with Gasteiger partial charge in [-0.1, -0.05) is 12.1 Å². The number of rotatable bonds is 1. The van der Waals surface area contributed by atoms with E-state index >= 15 is 0 Å². The monoisotopic (exact) mass is 148 g/mol. The minimum atomic E-state index is -1.58. The lowest BCUT2D eigenvalue weighted by atomic mass is 10.1. The summed E-state index contributed by atoms with van der Waals surface area (Å²) in [5.74, 6) is 0. The maximum absolute atomic E-state index is 9.24. The molecule has 0 fully saturated rings. The maximum atomic E-state index is 9.24. The van der Waals surface area contributed by atoms with Crippen LogP contribution in [0.15, 0.2) is 24.3 Å². The first-order valence-electron chi connectivity index (χ1n) is 3.77. The van der Waals surface area contributed by atoms with E-state index in [1.54, 1.807) is 24.3 Å². The van der Waals surface area contributed by atoms with Crippen molar-refractivity contribution in [1.29, 1.82) is 5.26 Å². The van der Waals surface area contributed by atoms with E-state index in [0.29, 0.717) is 11.1 Å². The van der Waals surface area contributed by atoms with Gasteiger partial charge in [-0.3, -0.25) is 0 Å². The number of aliphatic hydroxyl groups is 1. The SMILES string of the molecule is [2H][C@](C)(O)c1ccc(C#N)cc1. The molecular weight excluding hydrogens is 138 g/mol. The van der Waals surface area contributed by atoms with Crippen LogP contribution < -0.4 is 0 Å². The van der Waals surface area contributed by atoms with Crippen LogP contribution >= 0.6 is 0 Å². The Balaban J connectivity index is 3.02. The third-order valence-electron chi connectivity index (χ3n) is 1.43. The molecule has 0 aromatic heterocycles. The van der Waals surface area contributed by atoms with E-state index in [1.807, 2.05) is 6.07 Å².